The highest BCUT2D eigenvalue weighted by Crippen LogP contribution is 2.37. The van der Waals surface area contributed by atoms with Crippen LogP contribution in [-0.4, -0.2) is 33.6 Å². The van der Waals surface area contributed by atoms with Crippen molar-refractivity contribution in [1.29, 1.82) is 0 Å². The van der Waals surface area contributed by atoms with Crippen molar-refractivity contribution in [1.82, 2.24) is 14.9 Å². The number of amides is 1. The molecule has 0 unspecified atom stereocenters. The molecule has 0 radical (unpaired) electrons. The molecule has 2 heterocycles. The fourth-order valence-electron chi connectivity index (χ4n) is 4.32. The van der Waals surface area contributed by atoms with Crippen molar-refractivity contribution in [2.45, 2.75) is 44.7 Å². The van der Waals surface area contributed by atoms with E-state index in [0.29, 0.717) is 12.1 Å². The third kappa shape index (κ3) is 3.50. The third-order valence-corrected chi connectivity index (χ3v) is 5.81. The maximum absolute atomic E-state index is 13.6. The van der Waals surface area contributed by atoms with Gasteiger partial charge in [-0.05, 0) is 37.1 Å². The second kappa shape index (κ2) is 7.70. The Bertz CT molecular complexity index is 1050. The van der Waals surface area contributed by atoms with Gasteiger partial charge in [0.15, 0.2) is 11.5 Å². The number of nitrogens with zero attached hydrogens (tertiary/aromatic N) is 3. The van der Waals surface area contributed by atoms with Gasteiger partial charge in [-0.25, -0.2) is 0 Å². The molecule has 1 aliphatic heterocycles. The number of aromatic nitrogens is 2. The van der Waals surface area contributed by atoms with Crippen molar-refractivity contribution >= 4 is 16.9 Å². The van der Waals surface area contributed by atoms with Crippen LogP contribution in [0.4, 0.5) is 0 Å². The lowest BCUT2D eigenvalue weighted by atomic mass is 9.93. The van der Waals surface area contributed by atoms with Crippen molar-refractivity contribution in [2.75, 3.05) is 6.79 Å². The van der Waals surface area contributed by atoms with Gasteiger partial charge in [-0.2, -0.15) is 0 Å². The quantitative estimate of drug-likeness (QED) is 0.664. The minimum atomic E-state index is 0.0287. The Labute approximate surface area is 169 Å². The minimum absolute atomic E-state index is 0.0287. The van der Waals surface area contributed by atoms with Gasteiger partial charge in [0.25, 0.3) is 5.91 Å². The minimum Gasteiger partial charge on any atom is -0.454 e. The van der Waals surface area contributed by atoms with Gasteiger partial charge in [-0.1, -0.05) is 31.4 Å². The van der Waals surface area contributed by atoms with E-state index in [1.54, 1.807) is 12.4 Å². The highest BCUT2D eigenvalue weighted by Gasteiger charge is 2.29. The summed E-state index contributed by atoms with van der Waals surface area (Å²) in [6, 6.07) is 11.7. The van der Waals surface area contributed by atoms with Gasteiger partial charge in [0, 0.05) is 29.6 Å². The van der Waals surface area contributed by atoms with Crippen LogP contribution >= 0.6 is 0 Å². The van der Waals surface area contributed by atoms with Crippen molar-refractivity contribution in [2.24, 2.45) is 0 Å². The van der Waals surface area contributed by atoms with E-state index in [2.05, 4.69) is 9.97 Å². The van der Waals surface area contributed by atoms with E-state index in [1.807, 2.05) is 41.3 Å². The number of ether oxygens (including phenoxy) is 2. The lowest BCUT2D eigenvalue weighted by Crippen LogP contribution is -2.41. The molecular formula is C23H23N3O3. The molecule has 29 heavy (non-hydrogen) atoms. The summed E-state index contributed by atoms with van der Waals surface area (Å²) in [5.41, 5.74) is 3.16. The Morgan fingerprint density at radius 3 is 2.69 bits per heavy atom. The zero-order valence-electron chi connectivity index (χ0n) is 16.2. The number of carbonyl (C=O) groups excluding carboxylic acids is 1. The van der Waals surface area contributed by atoms with Crippen molar-refractivity contribution in [3.05, 3.63) is 59.9 Å². The number of carbonyl (C=O) groups is 1. The second-order valence-corrected chi connectivity index (χ2v) is 7.64. The van der Waals surface area contributed by atoms with E-state index in [4.69, 9.17) is 9.47 Å². The lowest BCUT2D eigenvalue weighted by molar-refractivity contribution is 0.0612. The number of para-hydroxylation sites is 1. The van der Waals surface area contributed by atoms with E-state index in [-0.39, 0.29) is 18.7 Å². The van der Waals surface area contributed by atoms with Gasteiger partial charge >= 0.3 is 0 Å². The number of hydrogen-bond acceptors (Lipinski definition) is 5. The molecule has 6 heteroatoms. The maximum Gasteiger partial charge on any atom is 0.254 e. The molecule has 0 N–H and O–H groups in total. The van der Waals surface area contributed by atoms with E-state index < -0.39 is 0 Å². The summed E-state index contributed by atoms with van der Waals surface area (Å²) in [5, 5.41) is 0. The van der Waals surface area contributed by atoms with Gasteiger partial charge in [0.05, 0.1) is 17.6 Å². The van der Waals surface area contributed by atoms with Crippen molar-refractivity contribution in [3.8, 4) is 11.5 Å². The lowest BCUT2D eigenvalue weighted by Gasteiger charge is -2.35. The first-order valence-corrected chi connectivity index (χ1v) is 10.2. The maximum atomic E-state index is 13.6. The van der Waals surface area contributed by atoms with Crippen LogP contribution in [0.2, 0.25) is 0 Å². The van der Waals surface area contributed by atoms with Crippen LogP contribution in [0.25, 0.3) is 11.0 Å². The predicted molar refractivity (Wildman–Crippen MR) is 109 cm³/mol. The Balaban J connectivity index is 1.49. The average molecular weight is 389 g/mol. The molecule has 1 saturated carbocycles. The highest BCUT2D eigenvalue weighted by molar-refractivity contribution is 5.97. The van der Waals surface area contributed by atoms with Crippen LogP contribution < -0.4 is 9.47 Å². The summed E-state index contributed by atoms with van der Waals surface area (Å²) < 4.78 is 11.2. The van der Waals surface area contributed by atoms with Gasteiger partial charge in [0.1, 0.15) is 0 Å². The molecular weight excluding hydrogens is 366 g/mol. The molecule has 3 aromatic rings. The van der Waals surface area contributed by atoms with Crippen LogP contribution in [0, 0.1) is 0 Å². The first kappa shape index (κ1) is 17.9. The molecule has 2 aromatic carbocycles. The molecule has 2 aliphatic rings. The first-order chi connectivity index (χ1) is 14.3. The van der Waals surface area contributed by atoms with Gasteiger partial charge < -0.3 is 14.4 Å². The van der Waals surface area contributed by atoms with Crippen molar-refractivity contribution in [3.63, 3.8) is 0 Å². The monoisotopic (exact) mass is 389 g/mol. The number of rotatable bonds is 4. The van der Waals surface area contributed by atoms with Crippen LogP contribution in [-0.2, 0) is 6.54 Å². The normalized spacial score (nSPS) is 16.1. The fourth-order valence-corrected chi connectivity index (χ4v) is 4.32. The summed E-state index contributed by atoms with van der Waals surface area (Å²) in [6.07, 6.45) is 8.93. The summed E-state index contributed by atoms with van der Waals surface area (Å²) in [5.74, 6) is 1.53. The van der Waals surface area contributed by atoms with Crippen LogP contribution in [0.1, 0.15) is 48.0 Å². The topological polar surface area (TPSA) is 64.6 Å². The predicted octanol–water partition coefficient (Wildman–Crippen LogP) is 4.33. The molecule has 6 nitrogen and oxygen atoms in total. The standard InChI is InChI=1S/C23H23N3O3/c27-23(16-9-10-19-20(13-16)25-12-11-24-19)26(18-6-2-1-3-7-18)14-17-5-4-8-21-22(17)29-15-28-21/h4-5,8-13,18H,1-3,6-7,14-15H2. The molecule has 0 spiro atoms. The molecule has 1 aromatic heterocycles. The largest absolute Gasteiger partial charge is 0.454 e. The van der Waals surface area contributed by atoms with E-state index in [1.165, 1.54) is 6.42 Å². The van der Waals surface area contributed by atoms with E-state index in [9.17, 15) is 4.79 Å². The summed E-state index contributed by atoms with van der Waals surface area (Å²) in [4.78, 5) is 24.3. The highest BCUT2D eigenvalue weighted by atomic mass is 16.7. The van der Waals surface area contributed by atoms with Crippen LogP contribution in [0.3, 0.4) is 0 Å². The molecule has 1 amide bonds. The molecule has 5 rings (SSSR count). The molecule has 148 valence electrons. The van der Waals surface area contributed by atoms with Gasteiger partial charge in [-0.15, -0.1) is 0 Å². The molecule has 0 saturated heterocycles. The molecule has 0 atom stereocenters. The summed E-state index contributed by atoms with van der Waals surface area (Å²) in [6.45, 7) is 0.738. The summed E-state index contributed by atoms with van der Waals surface area (Å²) >= 11 is 0. The Hall–Kier alpha value is -3.15. The SMILES string of the molecule is O=C(c1ccc2nccnc2c1)N(Cc1cccc2c1OCO2)C1CCCCC1. The zero-order valence-corrected chi connectivity index (χ0v) is 16.2. The Morgan fingerprint density at radius 2 is 1.83 bits per heavy atom. The van der Waals surface area contributed by atoms with E-state index >= 15 is 0 Å². The molecule has 1 fully saturated rings. The van der Waals surface area contributed by atoms with Crippen molar-refractivity contribution < 1.29 is 14.3 Å². The van der Waals surface area contributed by atoms with Gasteiger partial charge in [0.2, 0.25) is 6.79 Å². The summed E-state index contributed by atoms with van der Waals surface area (Å²) in [7, 11) is 0. The van der Waals surface area contributed by atoms with E-state index in [0.717, 1.165) is 53.8 Å². The third-order valence-electron chi connectivity index (χ3n) is 5.81. The molecule has 0 bridgehead atoms. The number of benzene rings is 2. The number of fused-ring (bicyclic) bond motifs is 2. The zero-order chi connectivity index (χ0) is 19.6. The average Bonchev–Trinajstić information content (AvgIpc) is 3.27. The van der Waals surface area contributed by atoms with Crippen LogP contribution in [0.15, 0.2) is 48.8 Å². The fraction of sp³-hybridized carbons (Fsp3) is 0.348. The molecule has 1 aliphatic carbocycles. The Kier molecular flexibility index (Phi) is 4.76. The number of hydrogen-bond donors (Lipinski definition) is 0. The van der Waals surface area contributed by atoms with Gasteiger partial charge in [-0.3, -0.25) is 14.8 Å². The first-order valence-electron chi connectivity index (χ1n) is 10.2. The second-order valence-electron chi connectivity index (χ2n) is 7.64. The Morgan fingerprint density at radius 1 is 1.00 bits per heavy atom. The van der Waals surface area contributed by atoms with Crippen LogP contribution in [0.5, 0.6) is 11.5 Å². The smallest absolute Gasteiger partial charge is 0.254 e.